The van der Waals surface area contributed by atoms with Gasteiger partial charge in [-0.3, -0.25) is 9.59 Å². The molecule has 5 nitrogen and oxygen atoms in total. The topological polar surface area (TPSA) is 75.6 Å². The number of ether oxygens (including phenoxy) is 1. The van der Waals surface area contributed by atoms with Gasteiger partial charge in [0.05, 0.1) is 6.61 Å². The molecular weight excluding hydrogens is 258 g/mol. The number of benzene rings is 1. The van der Waals surface area contributed by atoms with Gasteiger partial charge in [-0.25, -0.2) is 0 Å². The van der Waals surface area contributed by atoms with E-state index in [1.807, 2.05) is 26.0 Å². The number of hydrogen-bond donors (Lipinski definition) is 2. The van der Waals surface area contributed by atoms with E-state index in [9.17, 15) is 9.59 Å². The van der Waals surface area contributed by atoms with Crippen LogP contribution in [0.2, 0.25) is 0 Å². The van der Waals surface area contributed by atoms with E-state index in [4.69, 9.17) is 9.84 Å². The fourth-order valence-electron chi connectivity index (χ4n) is 1.78. The number of carbonyl (C=O) groups excluding carboxylic acids is 1. The molecule has 0 fully saturated rings. The molecule has 2 N–H and O–H groups in total. The third-order valence-corrected chi connectivity index (χ3v) is 2.94. The molecule has 0 spiro atoms. The van der Waals surface area contributed by atoms with Gasteiger partial charge in [-0.1, -0.05) is 12.1 Å². The van der Waals surface area contributed by atoms with Gasteiger partial charge in [-0.15, -0.1) is 0 Å². The minimum Gasteiger partial charge on any atom is -0.481 e. The molecule has 0 radical (unpaired) electrons. The number of carbonyl (C=O) groups is 2. The van der Waals surface area contributed by atoms with Gasteiger partial charge in [0.25, 0.3) is 5.91 Å². The van der Waals surface area contributed by atoms with Crippen molar-refractivity contribution in [2.75, 3.05) is 7.11 Å². The van der Waals surface area contributed by atoms with E-state index in [0.717, 1.165) is 5.56 Å². The Labute approximate surface area is 118 Å². The van der Waals surface area contributed by atoms with Crippen molar-refractivity contribution < 1.29 is 19.4 Å². The first kappa shape index (κ1) is 16.2. The van der Waals surface area contributed by atoms with Crippen molar-refractivity contribution in [3.05, 3.63) is 35.4 Å². The summed E-state index contributed by atoms with van der Waals surface area (Å²) >= 11 is 0. The molecule has 0 bridgehead atoms. The summed E-state index contributed by atoms with van der Waals surface area (Å²) in [6, 6.07) is 7.14. The van der Waals surface area contributed by atoms with Crippen LogP contribution in [-0.2, 0) is 16.1 Å². The lowest BCUT2D eigenvalue weighted by molar-refractivity contribution is -0.137. The van der Waals surface area contributed by atoms with Gasteiger partial charge in [0, 0.05) is 24.6 Å². The summed E-state index contributed by atoms with van der Waals surface area (Å²) in [6.45, 7) is 4.13. The highest BCUT2D eigenvalue weighted by Crippen LogP contribution is 2.13. The quantitative estimate of drug-likeness (QED) is 0.802. The lowest BCUT2D eigenvalue weighted by Gasteiger charge is -2.25. The number of hydrogen-bond acceptors (Lipinski definition) is 3. The third-order valence-electron chi connectivity index (χ3n) is 2.94. The Balaban J connectivity index is 2.63. The average molecular weight is 279 g/mol. The summed E-state index contributed by atoms with van der Waals surface area (Å²) in [4.78, 5) is 22.7. The number of aliphatic carboxylic acids is 1. The van der Waals surface area contributed by atoms with E-state index in [-0.39, 0.29) is 12.3 Å². The monoisotopic (exact) mass is 279 g/mol. The molecule has 0 atom stereocenters. The Morgan fingerprint density at radius 2 is 1.85 bits per heavy atom. The molecule has 20 heavy (non-hydrogen) atoms. The van der Waals surface area contributed by atoms with E-state index < -0.39 is 11.5 Å². The number of methoxy groups -OCH3 is 1. The third kappa shape index (κ3) is 5.40. The first-order chi connectivity index (χ1) is 9.34. The van der Waals surface area contributed by atoms with Crippen LogP contribution in [0.5, 0.6) is 0 Å². The van der Waals surface area contributed by atoms with Crippen LogP contribution < -0.4 is 5.32 Å². The van der Waals surface area contributed by atoms with Crippen molar-refractivity contribution in [3.8, 4) is 0 Å². The molecule has 1 aromatic rings. The molecule has 0 unspecified atom stereocenters. The summed E-state index contributed by atoms with van der Waals surface area (Å²) in [5, 5.41) is 11.5. The van der Waals surface area contributed by atoms with Crippen molar-refractivity contribution in [2.24, 2.45) is 0 Å². The van der Waals surface area contributed by atoms with Crippen LogP contribution in [0.25, 0.3) is 0 Å². The zero-order valence-corrected chi connectivity index (χ0v) is 12.1. The van der Waals surface area contributed by atoms with Gasteiger partial charge in [0.1, 0.15) is 0 Å². The molecule has 0 heterocycles. The maximum Gasteiger partial charge on any atom is 0.303 e. The van der Waals surface area contributed by atoms with E-state index in [2.05, 4.69) is 5.32 Å². The Morgan fingerprint density at radius 1 is 1.25 bits per heavy atom. The molecule has 0 aliphatic rings. The molecule has 1 rings (SSSR count). The van der Waals surface area contributed by atoms with Crippen molar-refractivity contribution in [3.63, 3.8) is 0 Å². The molecule has 0 aromatic heterocycles. The zero-order valence-electron chi connectivity index (χ0n) is 12.1. The Morgan fingerprint density at radius 3 is 2.35 bits per heavy atom. The van der Waals surface area contributed by atoms with Gasteiger partial charge in [0.2, 0.25) is 0 Å². The summed E-state index contributed by atoms with van der Waals surface area (Å²) in [7, 11) is 1.62. The van der Waals surface area contributed by atoms with Crippen LogP contribution in [0.15, 0.2) is 24.3 Å². The lowest BCUT2D eigenvalue weighted by atomic mass is 9.97. The van der Waals surface area contributed by atoms with Gasteiger partial charge in [-0.2, -0.15) is 0 Å². The minimum atomic E-state index is -0.865. The first-order valence-corrected chi connectivity index (χ1v) is 6.46. The second-order valence-corrected chi connectivity index (χ2v) is 5.36. The number of carboxylic acids is 1. The SMILES string of the molecule is COCc1ccc(C(=O)NC(C)(C)CCC(=O)O)cc1. The van der Waals surface area contributed by atoms with Crippen LogP contribution in [0.1, 0.15) is 42.6 Å². The summed E-state index contributed by atoms with van der Waals surface area (Å²) in [5.74, 6) is -1.07. The number of nitrogens with one attached hydrogen (secondary N) is 1. The van der Waals surface area contributed by atoms with Crippen LogP contribution in [0.4, 0.5) is 0 Å². The van der Waals surface area contributed by atoms with Crippen molar-refractivity contribution in [1.29, 1.82) is 0 Å². The number of amides is 1. The van der Waals surface area contributed by atoms with Gasteiger partial charge < -0.3 is 15.2 Å². The summed E-state index contributed by atoms with van der Waals surface area (Å²) in [6.07, 6.45) is 0.413. The van der Waals surface area contributed by atoms with E-state index in [0.29, 0.717) is 18.6 Å². The van der Waals surface area contributed by atoms with Crippen LogP contribution in [0.3, 0.4) is 0 Å². The van der Waals surface area contributed by atoms with E-state index in [1.54, 1.807) is 19.2 Å². The van der Waals surface area contributed by atoms with Crippen LogP contribution in [-0.4, -0.2) is 29.6 Å². The Kier molecular flexibility index (Phi) is 5.70. The smallest absolute Gasteiger partial charge is 0.303 e. The molecule has 1 aromatic carbocycles. The molecule has 0 saturated heterocycles. The predicted molar refractivity (Wildman–Crippen MR) is 75.6 cm³/mol. The number of carboxylic acid groups (broad SMARTS) is 1. The standard InChI is InChI=1S/C15H21NO4/c1-15(2,9-8-13(17)18)16-14(19)12-6-4-11(5-7-12)10-20-3/h4-7H,8-10H2,1-3H3,(H,16,19)(H,17,18). The fourth-order valence-corrected chi connectivity index (χ4v) is 1.78. The van der Waals surface area contributed by atoms with Crippen molar-refractivity contribution in [2.45, 2.75) is 38.8 Å². The lowest BCUT2D eigenvalue weighted by Crippen LogP contribution is -2.43. The fraction of sp³-hybridized carbons (Fsp3) is 0.467. The summed E-state index contributed by atoms with van der Waals surface area (Å²) in [5.41, 5.74) is 0.989. The normalized spacial score (nSPS) is 11.2. The maximum atomic E-state index is 12.1. The molecule has 0 aliphatic carbocycles. The van der Waals surface area contributed by atoms with E-state index in [1.165, 1.54) is 0 Å². The highest BCUT2D eigenvalue weighted by atomic mass is 16.5. The molecular formula is C15H21NO4. The molecule has 1 amide bonds. The highest BCUT2D eigenvalue weighted by Gasteiger charge is 2.22. The van der Waals surface area contributed by atoms with E-state index >= 15 is 0 Å². The van der Waals surface area contributed by atoms with Crippen molar-refractivity contribution in [1.82, 2.24) is 5.32 Å². The predicted octanol–water partition coefficient (Wildman–Crippen LogP) is 2.21. The second-order valence-electron chi connectivity index (χ2n) is 5.36. The van der Waals surface area contributed by atoms with Gasteiger partial charge in [-0.05, 0) is 38.0 Å². The second kappa shape index (κ2) is 7.05. The Bertz CT molecular complexity index is 465. The largest absolute Gasteiger partial charge is 0.481 e. The maximum absolute atomic E-state index is 12.1. The number of rotatable bonds is 7. The molecule has 5 heteroatoms. The van der Waals surface area contributed by atoms with Crippen LogP contribution in [0, 0.1) is 0 Å². The molecule has 110 valence electrons. The Hall–Kier alpha value is -1.88. The molecule has 0 aliphatic heterocycles. The zero-order chi connectivity index (χ0) is 15.2. The highest BCUT2D eigenvalue weighted by molar-refractivity contribution is 5.94. The van der Waals surface area contributed by atoms with Crippen LogP contribution >= 0.6 is 0 Å². The first-order valence-electron chi connectivity index (χ1n) is 6.46. The summed E-state index contributed by atoms with van der Waals surface area (Å²) < 4.78 is 5.01. The van der Waals surface area contributed by atoms with Crippen molar-refractivity contribution >= 4 is 11.9 Å². The average Bonchev–Trinajstić information content (AvgIpc) is 2.37. The van der Waals surface area contributed by atoms with Gasteiger partial charge >= 0.3 is 5.97 Å². The molecule has 0 saturated carbocycles. The minimum absolute atomic E-state index is 0.0278. The van der Waals surface area contributed by atoms with Gasteiger partial charge in [0.15, 0.2) is 0 Å².